The SMILES string of the molecule is C[C@H]1[C@H]([Si](C)(C)F)[C@@H](CCn2cc(C(CO)c3ccccc3)nn2)O[C@]12C(=O)N(Cc1ccc(NC(=O)c3ccccc3)cc1)c1ccccc12. The van der Waals surface area contributed by atoms with Gasteiger partial charge in [0.25, 0.3) is 11.8 Å². The van der Waals surface area contributed by atoms with Crippen molar-refractivity contribution in [3.8, 4) is 0 Å². The molecule has 262 valence electrons. The Hall–Kier alpha value is -4.97. The lowest BCUT2D eigenvalue weighted by Crippen LogP contribution is -2.45. The molecule has 2 amide bonds. The van der Waals surface area contributed by atoms with Crippen molar-refractivity contribution in [2.75, 3.05) is 16.8 Å². The summed E-state index contributed by atoms with van der Waals surface area (Å²) in [6.45, 7) is 5.96. The van der Waals surface area contributed by atoms with E-state index in [-0.39, 0.29) is 24.3 Å². The third-order valence-electron chi connectivity index (χ3n) is 10.4. The molecule has 1 spiro atoms. The molecule has 0 aliphatic carbocycles. The minimum Gasteiger partial charge on any atom is -0.395 e. The Morgan fingerprint density at radius 3 is 2.33 bits per heavy atom. The van der Waals surface area contributed by atoms with Crippen LogP contribution in [0.5, 0.6) is 0 Å². The molecule has 11 heteroatoms. The van der Waals surface area contributed by atoms with Crippen LogP contribution in [0.25, 0.3) is 0 Å². The summed E-state index contributed by atoms with van der Waals surface area (Å²) in [5.74, 6) is -1.11. The first-order valence-corrected chi connectivity index (χ1v) is 20.3. The first-order valence-electron chi connectivity index (χ1n) is 17.4. The van der Waals surface area contributed by atoms with Crippen molar-refractivity contribution in [1.82, 2.24) is 15.0 Å². The van der Waals surface area contributed by atoms with Gasteiger partial charge in [-0.3, -0.25) is 14.3 Å². The molecule has 9 nitrogen and oxygen atoms in total. The second kappa shape index (κ2) is 14.0. The van der Waals surface area contributed by atoms with Crippen molar-refractivity contribution < 1.29 is 23.5 Å². The van der Waals surface area contributed by atoms with E-state index in [0.29, 0.717) is 36.5 Å². The highest BCUT2D eigenvalue weighted by atomic mass is 28.4. The number of rotatable bonds is 11. The van der Waals surface area contributed by atoms with Crippen LogP contribution in [0, 0.1) is 5.92 Å². The summed E-state index contributed by atoms with van der Waals surface area (Å²) in [5, 5.41) is 21.7. The summed E-state index contributed by atoms with van der Waals surface area (Å²) in [6.07, 6.45) is 1.75. The Balaban J connectivity index is 1.11. The number of nitrogens with one attached hydrogen (secondary N) is 1. The number of aliphatic hydroxyl groups excluding tert-OH is 1. The number of benzene rings is 4. The van der Waals surface area contributed by atoms with Gasteiger partial charge in [0.2, 0.25) is 8.41 Å². The number of aryl methyl sites for hydroxylation is 1. The van der Waals surface area contributed by atoms with Gasteiger partial charge in [0.05, 0.1) is 36.6 Å². The third-order valence-corrected chi connectivity index (χ3v) is 12.9. The van der Waals surface area contributed by atoms with Crippen molar-refractivity contribution >= 4 is 31.6 Å². The second-order valence-electron chi connectivity index (χ2n) is 14.0. The van der Waals surface area contributed by atoms with E-state index >= 15 is 4.11 Å². The maximum atomic E-state index is 16.3. The zero-order chi connectivity index (χ0) is 35.8. The Labute approximate surface area is 298 Å². The van der Waals surface area contributed by atoms with Gasteiger partial charge in [0, 0.05) is 41.0 Å². The number of aliphatic hydroxyl groups is 1. The molecule has 1 fully saturated rings. The number of fused-ring (bicyclic) bond motifs is 2. The fraction of sp³-hybridized carbons (Fsp3) is 0.300. The van der Waals surface area contributed by atoms with Crippen LogP contribution in [0.1, 0.15) is 52.0 Å². The van der Waals surface area contributed by atoms with Gasteiger partial charge in [0.15, 0.2) is 5.60 Å². The molecular weight excluding hydrogens is 662 g/mol. The van der Waals surface area contributed by atoms with E-state index in [4.69, 9.17) is 4.74 Å². The molecule has 1 saturated heterocycles. The molecule has 0 bridgehead atoms. The monoisotopic (exact) mass is 703 g/mol. The smallest absolute Gasteiger partial charge is 0.264 e. The molecule has 51 heavy (non-hydrogen) atoms. The number of aromatic nitrogens is 3. The zero-order valence-electron chi connectivity index (χ0n) is 28.9. The molecule has 0 radical (unpaired) electrons. The van der Waals surface area contributed by atoms with Gasteiger partial charge >= 0.3 is 0 Å². The predicted octanol–water partition coefficient (Wildman–Crippen LogP) is 7.07. The maximum Gasteiger partial charge on any atom is 0.264 e. The maximum absolute atomic E-state index is 16.3. The van der Waals surface area contributed by atoms with Gasteiger partial charge in [-0.2, -0.15) is 0 Å². The molecule has 2 aliphatic heterocycles. The van der Waals surface area contributed by atoms with Crippen LogP contribution >= 0.6 is 0 Å². The number of carbonyl (C=O) groups excluding carboxylic acids is 2. The second-order valence-corrected chi connectivity index (χ2v) is 17.8. The largest absolute Gasteiger partial charge is 0.395 e. The number of amides is 2. The lowest BCUT2D eigenvalue weighted by molar-refractivity contribution is -0.146. The Morgan fingerprint density at radius 1 is 0.980 bits per heavy atom. The summed E-state index contributed by atoms with van der Waals surface area (Å²) in [5.41, 5.74) is 3.44. The van der Waals surface area contributed by atoms with Crippen LogP contribution in [-0.2, 0) is 28.2 Å². The van der Waals surface area contributed by atoms with Gasteiger partial charge in [0.1, 0.15) is 0 Å². The molecule has 4 aromatic carbocycles. The standard InChI is InChI=1S/C40H42FN5O4Si/c1-27-37(51(2,3)41)36(22-23-45-25-34(43-44-45)32(26-47)29-12-6-4-7-13-29)50-40(27)33-16-10-11-17-35(33)46(39(40)49)24-28-18-20-31(21-19-28)42-38(48)30-14-8-5-9-15-30/h4-21,25,27,32,36-37,47H,22-24,26H2,1-3H3,(H,42,48)/t27-,32?,36+,37-,40+/m0/s1. The predicted molar refractivity (Wildman–Crippen MR) is 197 cm³/mol. The van der Waals surface area contributed by atoms with E-state index in [9.17, 15) is 14.7 Å². The summed E-state index contributed by atoms with van der Waals surface area (Å²) >= 11 is 0. The van der Waals surface area contributed by atoms with Crippen LogP contribution in [0.15, 0.2) is 115 Å². The molecule has 5 atom stereocenters. The first kappa shape index (κ1) is 34.5. The van der Waals surface area contributed by atoms with Gasteiger partial charge in [-0.15, -0.1) is 5.10 Å². The molecule has 5 aromatic rings. The van der Waals surface area contributed by atoms with Gasteiger partial charge in [-0.1, -0.05) is 91.0 Å². The van der Waals surface area contributed by atoms with Crippen LogP contribution in [0.4, 0.5) is 15.5 Å². The van der Waals surface area contributed by atoms with Crippen molar-refractivity contribution in [3.63, 3.8) is 0 Å². The highest BCUT2D eigenvalue weighted by molar-refractivity contribution is 6.72. The van der Waals surface area contributed by atoms with Gasteiger partial charge < -0.3 is 24.2 Å². The highest BCUT2D eigenvalue weighted by Crippen LogP contribution is 2.60. The fourth-order valence-corrected chi connectivity index (χ4v) is 10.5. The first-order chi connectivity index (χ1) is 24.6. The number of ether oxygens (including phenoxy) is 1. The van der Waals surface area contributed by atoms with E-state index in [1.807, 2.05) is 110 Å². The van der Waals surface area contributed by atoms with Crippen molar-refractivity contribution in [2.24, 2.45) is 5.92 Å². The Kier molecular flexibility index (Phi) is 9.45. The minimum atomic E-state index is -3.34. The van der Waals surface area contributed by atoms with E-state index in [1.165, 1.54) is 0 Å². The summed E-state index contributed by atoms with van der Waals surface area (Å²) < 4.78 is 24.9. The number of nitrogens with zero attached hydrogens (tertiary/aromatic N) is 4. The van der Waals surface area contributed by atoms with E-state index in [0.717, 1.165) is 22.4 Å². The summed E-state index contributed by atoms with van der Waals surface area (Å²) in [7, 11) is -3.34. The average Bonchev–Trinajstić information content (AvgIpc) is 3.79. The van der Waals surface area contributed by atoms with Crippen molar-refractivity contribution in [2.45, 2.75) is 62.7 Å². The Bertz CT molecular complexity index is 2000. The van der Waals surface area contributed by atoms with E-state index < -0.39 is 31.6 Å². The highest BCUT2D eigenvalue weighted by Gasteiger charge is 2.66. The zero-order valence-corrected chi connectivity index (χ0v) is 29.9. The molecular formula is C40H42FN5O4Si. The molecule has 1 aromatic heterocycles. The Morgan fingerprint density at radius 2 is 1.65 bits per heavy atom. The number of anilines is 2. The number of para-hydroxylation sites is 1. The molecule has 2 N–H and O–H groups in total. The van der Waals surface area contributed by atoms with Crippen LogP contribution in [0.2, 0.25) is 18.6 Å². The normalized spacial score (nSPS) is 21.9. The lowest BCUT2D eigenvalue weighted by atomic mass is 9.82. The van der Waals surface area contributed by atoms with Gasteiger partial charge in [-0.25, -0.2) is 0 Å². The molecule has 1 unspecified atom stereocenters. The van der Waals surface area contributed by atoms with Crippen molar-refractivity contribution in [3.05, 3.63) is 143 Å². The molecule has 3 heterocycles. The van der Waals surface area contributed by atoms with E-state index in [1.54, 1.807) is 34.8 Å². The average molecular weight is 704 g/mol. The molecule has 7 rings (SSSR count). The molecule has 2 aliphatic rings. The summed E-state index contributed by atoms with van der Waals surface area (Å²) in [6, 6.07) is 33.8. The van der Waals surface area contributed by atoms with Crippen LogP contribution in [-0.4, -0.2) is 53.0 Å². The quantitative estimate of drug-likeness (QED) is 0.113. The summed E-state index contributed by atoms with van der Waals surface area (Å²) in [4.78, 5) is 29.1. The fourth-order valence-electron chi connectivity index (χ4n) is 7.99. The van der Waals surface area contributed by atoms with E-state index in [2.05, 4.69) is 15.6 Å². The number of halogens is 1. The number of carbonyl (C=O) groups is 2. The lowest BCUT2D eigenvalue weighted by Gasteiger charge is -2.31. The van der Waals surface area contributed by atoms with Crippen molar-refractivity contribution in [1.29, 1.82) is 0 Å². The number of hydrogen-bond donors (Lipinski definition) is 2. The molecule has 0 saturated carbocycles. The minimum absolute atomic E-state index is 0.106. The topological polar surface area (TPSA) is 110 Å². The van der Waals surface area contributed by atoms with Crippen LogP contribution in [0.3, 0.4) is 0 Å². The third kappa shape index (κ3) is 6.53. The number of hydrogen-bond acceptors (Lipinski definition) is 6. The van der Waals surface area contributed by atoms with Crippen LogP contribution < -0.4 is 10.2 Å². The van der Waals surface area contributed by atoms with Gasteiger partial charge in [-0.05, 0) is 61.0 Å².